The summed E-state index contributed by atoms with van der Waals surface area (Å²) in [7, 11) is -1.33. The van der Waals surface area contributed by atoms with Gasteiger partial charge in [0.1, 0.15) is 24.1 Å². The third kappa shape index (κ3) is 7.23. The first-order chi connectivity index (χ1) is 20.1. The molecule has 0 radical (unpaired) electrons. The Morgan fingerprint density at radius 2 is 1.62 bits per heavy atom. The number of aryl methyl sites for hydroxylation is 1. The maximum absolute atomic E-state index is 14.2. The van der Waals surface area contributed by atoms with E-state index in [4.69, 9.17) is 9.47 Å². The summed E-state index contributed by atoms with van der Waals surface area (Å²) in [5, 5.41) is 3.08. The van der Waals surface area contributed by atoms with Crippen LogP contribution in [0.2, 0.25) is 0 Å². The Labute approximate surface area is 248 Å². The molecule has 1 fully saturated rings. The van der Waals surface area contributed by atoms with E-state index in [0.29, 0.717) is 5.75 Å². The molecule has 0 unspecified atom stereocenters. The molecule has 4 rings (SSSR count). The number of hydrogen-bond donors (Lipinski definition) is 1. The van der Waals surface area contributed by atoms with Crippen molar-refractivity contribution in [2.45, 2.75) is 63.1 Å². The van der Waals surface area contributed by atoms with Crippen LogP contribution in [0.4, 0.5) is 5.69 Å². The van der Waals surface area contributed by atoms with Crippen LogP contribution in [0.3, 0.4) is 0 Å². The van der Waals surface area contributed by atoms with Crippen molar-refractivity contribution in [2.75, 3.05) is 25.1 Å². The van der Waals surface area contributed by atoms with Crippen LogP contribution in [0.15, 0.2) is 77.7 Å². The zero-order valence-electron chi connectivity index (χ0n) is 24.6. The van der Waals surface area contributed by atoms with E-state index in [0.717, 1.165) is 41.1 Å². The molecule has 3 aromatic carbocycles. The smallest absolute Gasteiger partial charge is 0.264 e. The van der Waals surface area contributed by atoms with Crippen molar-refractivity contribution in [2.24, 2.45) is 0 Å². The molecule has 0 spiro atoms. The Kier molecular flexibility index (Phi) is 10.1. The fourth-order valence-electron chi connectivity index (χ4n) is 5.09. The quantitative estimate of drug-likeness (QED) is 0.327. The van der Waals surface area contributed by atoms with E-state index in [1.165, 1.54) is 37.3 Å². The lowest BCUT2D eigenvalue weighted by molar-refractivity contribution is -0.139. The largest absolute Gasteiger partial charge is 0.497 e. The standard InChI is InChI=1S/C32H39N3O6S/c1-23-14-16-25(17-15-23)21-34(24(2)32(37)33-26-10-8-9-11-26)31(36)22-35(42(38,39)28-12-6-5-7-13-28)29-20-27(40-3)18-19-30(29)41-4/h5-7,12-20,24,26H,8-11,21-22H2,1-4H3,(H,33,37)/t24-/m0/s1. The lowest BCUT2D eigenvalue weighted by atomic mass is 10.1. The minimum Gasteiger partial charge on any atom is -0.497 e. The molecule has 1 atom stereocenters. The molecular formula is C32H39N3O6S. The number of carbonyl (C=O) groups excluding carboxylic acids is 2. The molecule has 1 aliphatic carbocycles. The van der Waals surface area contributed by atoms with Gasteiger partial charge in [0.05, 0.1) is 24.8 Å². The second kappa shape index (κ2) is 13.7. The molecule has 42 heavy (non-hydrogen) atoms. The highest BCUT2D eigenvalue weighted by atomic mass is 32.2. The van der Waals surface area contributed by atoms with Gasteiger partial charge in [0.15, 0.2) is 0 Å². The fourth-order valence-corrected chi connectivity index (χ4v) is 6.53. The number of sulfonamides is 1. The van der Waals surface area contributed by atoms with Gasteiger partial charge in [-0.2, -0.15) is 0 Å². The molecule has 1 aliphatic rings. The van der Waals surface area contributed by atoms with Gasteiger partial charge in [0.25, 0.3) is 10.0 Å². The summed E-state index contributed by atoms with van der Waals surface area (Å²) in [6.45, 7) is 3.22. The first-order valence-corrected chi connectivity index (χ1v) is 15.5. The van der Waals surface area contributed by atoms with E-state index < -0.39 is 28.5 Å². The maximum Gasteiger partial charge on any atom is 0.264 e. The van der Waals surface area contributed by atoms with Gasteiger partial charge in [-0.3, -0.25) is 13.9 Å². The number of amides is 2. The van der Waals surface area contributed by atoms with Gasteiger partial charge in [-0.05, 0) is 56.5 Å². The van der Waals surface area contributed by atoms with Gasteiger partial charge in [-0.1, -0.05) is 60.9 Å². The van der Waals surface area contributed by atoms with Crippen LogP contribution >= 0.6 is 0 Å². The summed E-state index contributed by atoms with van der Waals surface area (Å²) in [5.41, 5.74) is 2.03. The second-order valence-electron chi connectivity index (χ2n) is 10.5. The van der Waals surface area contributed by atoms with E-state index in [1.807, 2.05) is 31.2 Å². The van der Waals surface area contributed by atoms with Gasteiger partial charge in [-0.25, -0.2) is 8.42 Å². The third-order valence-electron chi connectivity index (χ3n) is 7.61. The highest BCUT2D eigenvalue weighted by Gasteiger charge is 2.34. The van der Waals surface area contributed by atoms with E-state index in [-0.39, 0.29) is 34.8 Å². The Morgan fingerprint density at radius 1 is 0.952 bits per heavy atom. The maximum atomic E-state index is 14.2. The Balaban J connectivity index is 1.74. The van der Waals surface area contributed by atoms with Crippen LogP contribution in [-0.2, 0) is 26.2 Å². The first-order valence-electron chi connectivity index (χ1n) is 14.1. The van der Waals surface area contributed by atoms with Gasteiger partial charge in [0.2, 0.25) is 11.8 Å². The van der Waals surface area contributed by atoms with Crippen LogP contribution in [0.25, 0.3) is 0 Å². The number of hydrogen-bond acceptors (Lipinski definition) is 6. The molecule has 3 aromatic rings. The number of nitrogens with one attached hydrogen (secondary N) is 1. The van der Waals surface area contributed by atoms with Crippen LogP contribution in [-0.4, -0.2) is 58.0 Å². The Morgan fingerprint density at radius 3 is 2.24 bits per heavy atom. The van der Waals surface area contributed by atoms with Crippen molar-refractivity contribution in [3.05, 3.63) is 83.9 Å². The zero-order valence-corrected chi connectivity index (χ0v) is 25.4. The molecule has 0 bridgehead atoms. The number of benzene rings is 3. The normalized spacial score (nSPS) is 14.2. The summed E-state index contributed by atoms with van der Waals surface area (Å²) < 4.78 is 40.0. The minimum atomic E-state index is -4.23. The van der Waals surface area contributed by atoms with Crippen molar-refractivity contribution in [1.29, 1.82) is 0 Å². The van der Waals surface area contributed by atoms with Crippen molar-refractivity contribution in [1.82, 2.24) is 10.2 Å². The number of rotatable bonds is 12. The predicted molar refractivity (Wildman–Crippen MR) is 162 cm³/mol. The highest BCUT2D eigenvalue weighted by Crippen LogP contribution is 2.36. The topological polar surface area (TPSA) is 105 Å². The average Bonchev–Trinajstić information content (AvgIpc) is 3.52. The zero-order chi connectivity index (χ0) is 30.3. The molecule has 10 heteroatoms. The summed E-state index contributed by atoms with van der Waals surface area (Å²) in [6.07, 6.45) is 3.92. The lowest BCUT2D eigenvalue weighted by Gasteiger charge is -2.33. The minimum absolute atomic E-state index is 0.0137. The highest BCUT2D eigenvalue weighted by molar-refractivity contribution is 7.92. The molecular weight excluding hydrogens is 554 g/mol. The molecule has 0 aromatic heterocycles. The fraction of sp³-hybridized carbons (Fsp3) is 0.375. The molecule has 1 N–H and O–H groups in total. The van der Waals surface area contributed by atoms with E-state index in [1.54, 1.807) is 37.3 Å². The molecule has 0 heterocycles. The van der Waals surface area contributed by atoms with Gasteiger partial charge in [0, 0.05) is 18.7 Å². The van der Waals surface area contributed by atoms with Gasteiger partial charge in [-0.15, -0.1) is 0 Å². The Hall–Kier alpha value is -4.05. The summed E-state index contributed by atoms with van der Waals surface area (Å²) >= 11 is 0. The van der Waals surface area contributed by atoms with Crippen LogP contribution in [0.1, 0.15) is 43.7 Å². The summed E-state index contributed by atoms with van der Waals surface area (Å²) in [6, 6.07) is 19.6. The van der Waals surface area contributed by atoms with E-state index in [9.17, 15) is 18.0 Å². The van der Waals surface area contributed by atoms with Crippen LogP contribution in [0.5, 0.6) is 11.5 Å². The molecule has 224 valence electrons. The van der Waals surface area contributed by atoms with E-state index >= 15 is 0 Å². The predicted octanol–water partition coefficient (Wildman–Crippen LogP) is 4.68. The average molecular weight is 594 g/mol. The number of anilines is 1. The van der Waals surface area contributed by atoms with Crippen molar-refractivity contribution in [3.63, 3.8) is 0 Å². The van der Waals surface area contributed by atoms with Crippen LogP contribution in [0, 0.1) is 6.92 Å². The van der Waals surface area contributed by atoms with Gasteiger partial charge < -0.3 is 19.7 Å². The SMILES string of the molecule is COc1ccc(OC)c(N(CC(=O)N(Cc2ccc(C)cc2)[C@@H](C)C(=O)NC2CCCC2)S(=O)(=O)c2ccccc2)c1. The molecule has 2 amide bonds. The van der Waals surface area contributed by atoms with Gasteiger partial charge >= 0.3 is 0 Å². The number of ether oxygens (including phenoxy) is 2. The summed E-state index contributed by atoms with van der Waals surface area (Å²) in [5.74, 6) is -0.152. The summed E-state index contributed by atoms with van der Waals surface area (Å²) in [4.78, 5) is 29.0. The monoisotopic (exact) mass is 593 g/mol. The second-order valence-corrected chi connectivity index (χ2v) is 12.4. The lowest BCUT2D eigenvalue weighted by Crippen LogP contribution is -2.52. The molecule has 0 aliphatic heterocycles. The van der Waals surface area contributed by atoms with Crippen molar-refractivity contribution < 1.29 is 27.5 Å². The number of carbonyl (C=O) groups is 2. The number of methoxy groups -OCH3 is 2. The third-order valence-corrected chi connectivity index (χ3v) is 9.38. The van der Waals surface area contributed by atoms with Crippen LogP contribution < -0.4 is 19.1 Å². The Bertz CT molecular complexity index is 1470. The molecule has 9 nitrogen and oxygen atoms in total. The van der Waals surface area contributed by atoms with Crippen molar-refractivity contribution >= 4 is 27.5 Å². The molecule has 0 saturated heterocycles. The number of nitrogens with zero attached hydrogens (tertiary/aromatic N) is 2. The van der Waals surface area contributed by atoms with Crippen molar-refractivity contribution in [3.8, 4) is 11.5 Å². The first kappa shape index (κ1) is 30.9. The molecule has 1 saturated carbocycles. The van der Waals surface area contributed by atoms with E-state index in [2.05, 4.69) is 5.32 Å².